The van der Waals surface area contributed by atoms with Crippen LogP contribution in [0.15, 0.2) is 59.1 Å². The molecule has 1 heterocycles. The van der Waals surface area contributed by atoms with E-state index in [1.165, 1.54) is 18.4 Å². The van der Waals surface area contributed by atoms with Gasteiger partial charge in [-0.3, -0.25) is 5.32 Å². The molecular formula is C25H24N2O3. The molecule has 4 rings (SSSR count). The van der Waals surface area contributed by atoms with Crippen molar-refractivity contribution >= 4 is 11.8 Å². The number of amides is 1. The van der Waals surface area contributed by atoms with Crippen LogP contribution in [0.4, 0.5) is 10.5 Å². The molecule has 152 valence electrons. The zero-order chi connectivity index (χ0) is 21.1. The highest BCUT2D eigenvalue weighted by Crippen LogP contribution is 2.47. The van der Waals surface area contributed by atoms with Crippen molar-refractivity contribution in [2.45, 2.75) is 45.1 Å². The van der Waals surface area contributed by atoms with Gasteiger partial charge in [-0.1, -0.05) is 60.5 Å². The molecule has 5 heteroatoms. The van der Waals surface area contributed by atoms with Gasteiger partial charge in [0, 0.05) is 5.56 Å². The molecule has 0 unspecified atom stereocenters. The molecule has 0 radical (unpaired) electrons. The number of hydrogen-bond donors (Lipinski definition) is 1. The van der Waals surface area contributed by atoms with E-state index in [4.69, 9.17) is 9.26 Å². The number of rotatable bonds is 4. The van der Waals surface area contributed by atoms with E-state index in [1.54, 1.807) is 6.92 Å². The summed E-state index contributed by atoms with van der Waals surface area (Å²) in [6.45, 7) is 5.85. The van der Waals surface area contributed by atoms with Crippen LogP contribution < -0.4 is 5.32 Å². The Hall–Kier alpha value is -3.52. The Kier molecular flexibility index (Phi) is 5.33. The summed E-state index contributed by atoms with van der Waals surface area (Å²) in [5, 5.41) is 6.64. The van der Waals surface area contributed by atoms with Gasteiger partial charge < -0.3 is 9.26 Å². The summed E-state index contributed by atoms with van der Waals surface area (Å²) >= 11 is 0. The van der Waals surface area contributed by atoms with Gasteiger partial charge in [-0.05, 0) is 61.3 Å². The van der Waals surface area contributed by atoms with Crippen molar-refractivity contribution in [1.82, 2.24) is 5.16 Å². The zero-order valence-electron chi connectivity index (χ0n) is 17.4. The minimum Gasteiger partial charge on any atom is -0.441 e. The first kappa shape index (κ1) is 19.8. The van der Waals surface area contributed by atoms with E-state index in [1.807, 2.05) is 49.4 Å². The van der Waals surface area contributed by atoms with Crippen LogP contribution in [-0.4, -0.2) is 11.2 Å². The lowest BCUT2D eigenvalue weighted by atomic mass is 9.97. The first-order chi connectivity index (χ1) is 14.4. The molecule has 1 aliphatic rings. The largest absolute Gasteiger partial charge is 0.441 e. The minimum absolute atomic E-state index is 0.301. The lowest BCUT2D eigenvalue weighted by Gasteiger charge is -2.13. The number of carbonyl (C=O) groups excluding carboxylic acids is 1. The number of aromatic nitrogens is 1. The van der Waals surface area contributed by atoms with E-state index in [2.05, 4.69) is 41.4 Å². The Balaban J connectivity index is 1.44. The monoisotopic (exact) mass is 400 g/mol. The highest BCUT2D eigenvalue weighted by molar-refractivity contribution is 5.87. The summed E-state index contributed by atoms with van der Waals surface area (Å²) in [5.41, 5.74) is 4.45. The van der Waals surface area contributed by atoms with Crippen LogP contribution in [0.5, 0.6) is 0 Å². The van der Waals surface area contributed by atoms with Gasteiger partial charge in [-0.15, -0.1) is 0 Å². The van der Waals surface area contributed by atoms with Gasteiger partial charge in [0.15, 0.2) is 0 Å². The molecule has 0 saturated heterocycles. The minimum atomic E-state index is -0.581. The summed E-state index contributed by atoms with van der Waals surface area (Å²) in [6, 6.07) is 17.8. The molecular weight excluding hydrogens is 376 g/mol. The second kappa shape index (κ2) is 8.08. The van der Waals surface area contributed by atoms with Crippen LogP contribution in [0.2, 0.25) is 0 Å². The second-order valence-corrected chi connectivity index (χ2v) is 7.94. The molecule has 1 saturated carbocycles. The quantitative estimate of drug-likeness (QED) is 0.567. The molecule has 5 nitrogen and oxygen atoms in total. The van der Waals surface area contributed by atoms with Crippen molar-refractivity contribution < 1.29 is 14.1 Å². The molecule has 0 aliphatic heterocycles. The molecule has 3 aromatic rings. The molecule has 1 atom stereocenters. The van der Waals surface area contributed by atoms with Crippen molar-refractivity contribution in [2.24, 2.45) is 0 Å². The first-order valence-corrected chi connectivity index (χ1v) is 10.1. The fourth-order valence-electron chi connectivity index (χ4n) is 3.25. The van der Waals surface area contributed by atoms with Gasteiger partial charge in [0.05, 0.1) is 0 Å². The topological polar surface area (TPSA) is 64.4 Å². The van der Waals surface area contributed by atoms with E-state index < -0.39 is 6.09 Å². The van der Waals surface area contributed by atoms with Crippen LogP contribution in [0.25, 0.3) is 0 Å². The number of anilines is 1. The van der Waals surface area contributed by atoms with E-state index in [0.29, 0.717) is 22.6 Å². The Labute approximate surface area is 176 Å². The Bertz CT molecular complexity index is 1100. The van der Waals surface area contributed by atoms with Crippen LogP contribution in [-0.2, 0) is 10.2 Å². The third-order valence-electron chi connectivity index (χ3n) is 5.54. The summed E-state index contributed by atoms with van der Waals surface area (Å²) in [6.07, 6.45) is 1.52. The smallest absolute Gasteiger partial charge is 0.412 e. The highest BCUT2D eigenvalue weighted by Gasteiger charge is 2.38. The molecule has 1 fully saturated rings. The van der Waals surface area contributed by atoms with E-state index in [0.717, 1.165) is 11.1 Å². The predicted octanol–water partition coefficient (Wildman–Crippen LogP) is 5.74. The Morgan fingerprint density at radius 3 is 2.50 bits per heavy atom. The van der Waals surface area contributed by atoms with Gasteiger partial charge in [0.1, 0.15) is 17.5 Å². The molecule has 30 heavy (non-hydrogen) atoms. The zero-order valence-corrected chi connectivity index (χ0v) is 17.4. The SMILES string of the molecule is Cc1noc(C#Cc2ccc(C3(C)CC3)cc2)c1NC(=O)O[C@H](C)c1ccccc1. The number of carbonyl (C=O) groups is 1. The van der Waals surface area contributed by atoms with Gasteiger partial charge in [-0.2, -0.15) is 0 Å². The lowest BCUT2D eigenvalue weighted by molar-refractivity contribution is 0.121. The average molecular weight is 400 g/mol. The van der Waals surface area contributed by atoms with E-state index in [-0.39, 0.29) is 6.10 Å². The summed E-state index contributed by atoms with van der Waals surface area (Å²) in [4.78, 5) is 12.4. The van der Waals surface area contributed by atoms with Crippen LogP contribution >= 0.6 is 0 Å². The number of nitrogens with one attached hydrogen (secondary N) is 1. The third kappa shape index (κ3) is 4.38. The molecule has 1 N–H and O–H groups in total. The van der Waals surface area contributed by atoms with Crippen molar-refractivity contribution in [1.29, 1.82) is 0 Å². The summed E-state index contributed by atoms with van der Waals surface area (Å²) in [5.74, 6) is 6.34. The van der Waals surface area contributed by atoms with E-state index >= 15 is 0 Å². The number of ether oxygens (including phenoxy) is 1. The number of hydrogen-bond acceptors (Lipinski definition) is 4. The van der Waals surface area contributed by atoms with Crippen molar-refractivity contribution in [3.8, 4) is 11.8 Å². The second-order valence-electron chi connectivity index (χ2n) is 7.94. The maximum Gasteiger partial charge on any atom is 0.412 e. The molecule has 0 spiro atoms. The fourth-order valence-corrected chi connectivity index (χ4v) is 3.25. The molecule has 0 bridgehead atoms. The Morgan fingerprint density at radius 1 is 1.13 bits per heavy atom. The van der Waals surface area contributed by atoms with Crippen molar-refractivity contribution in [2.75, 3.05) is 5.32 Å². The number of aryl methyl sites for hydroxylation is 1. The van der Waals surface area contributed by atoms with Gasteiger partial charge in [0.25, 0.3) is 0 Å². The Morgan fingerprint density at radius 2 is 1.83 bits per heavy atom. The first-order valence-electron chi connectivity index (χ1n) is 10.1. The third-order valence-corrected chi connectivity index (χ3v) is 5.54. The maximum absolute atomic E-state index is 12.4. The molecule has 1 aliphatic carbocycles. The van der Waals surface area contributed by atoms with Crippen molar-refractivity contribution in [3.63, 3.8) is 0 Å². The van der Waals surface area contributed by atoms with Crippen LogP contribution in [0.3, 0.4) is 0 Å². The fraction of sp³-hybridized carbons (Fsp3) is 0.280. The normalized spacial score (nSPS) is 14.9. The standard InChI is InChI=1S/C25H24N2O3/c1-17-23(26-24(28)29-18(2)20-7-5-4-6-8-20)22(30-27-17)14-11-19-9-12-21(13-10-19)25(3)15-16-25/h4-10,12-13,18H,15-16H2,1-3H3,(H,26,28)/t18-/m1/s1. The predicted molar refractivity (Wildman–Crippen MR) is 115 cm³/mol. The highest BCUT2D eigenvalue weighted by atomic mass is 16.6. The van der Waals surface area contributed by atoms with E-state index in [9.17, 15) is 4.79 Å². The average Bonchev–Trinajstić information content (AvgIpc) is 3.42. The van der Waals surface area contributed by atoms with Gasteiger partial charge in [-0.25, -0.2) is 4.79 Å². The van der Waals surface area contributed by atoms with Crippen LogP contribution in [0, 0.1) is 18.8 Å². The number of benzene rings is 2. The number of nitrogens with zero attached hydrogens (tertiary/aromatic N) is 1. The van der Waals surface area contributed by atoms with Gasteiger partial charge in [0.2, 0.25) is 5.76 Å². The lowest BCUT2D eigenvalue weighted by Crippen LogP contribution is -2.16. The van der Waals surface area contributed by atoms with Crippen LogP contribution in [0.1, 0.15) is 60.9 Å². The summed E-state index contributed by atoms with van der Waals surface area (Å²) < 4.78 is 10.8. The molecule has 1 aromatic heterocycles. The van der Waals surface area contributed by atoms with Crippen molar-refractivity contribution in [3.05, 3.63) is 82.7 Å². The molecule has 2 aromatic carbocycles. The summed E-state index contributed by atoms with van der Waals surface area (Å²) in [7, 11) is 0. The molecule has 1 amide bonds. The van der Waals surface area contributed by atoms with Gasteiger partial charge >= 0.3 is 6.09 Å². The maximum atomic E-state index is 12.4.